The predicted molar refractivity (Wildman–Crippen MR) is 73.2 cm³/mol. The summed E-state index contributed by atoms with van der Waals surface area (Å²) in [6.07, 6.45) is 0. The molecule has 0 fully saturated rings. The molecule has 2 aromatic rings. The van der Waals surface area contributed by atoms with E-state index in [1.807, 2.05) is 20.8 Å². The Morgan fingerprint density at radius 2 is 2.21 bits per heavy atom. The summed E-state index contributed by atoms with van der Waals surface area (Å²) in [6.45, 7) is 6.69. The number of aromatic nitrogens is 3. The molecular formula is C13H16ClFN4. The molecule has 1 aromatic heterocycles. The second kappa shape index (κ2) is 5.67. The number of benzene rings is 1. The fraction of sp³-hybridized carbons (Fsp3) is 0.385. The highest BCUT2D eigenvalue weighted by atomic mass is 35.5. The molecule has 0 aliphatic heterocycles. The molecule has 0 radical (unpaired) electrons. The van der Waals surface area contributed by atoms with Crippen molar-refractivity contribution in [3.8, 4) is 5.69 Å². The van der Waals surface area contributed by atoms with E-state index in [1.54, 1.807) is 12.1 Å². The summed E-state index contributed by atoms with van der Waals surface area (Å²) in [7, 11) is 0. The zero-order chi connectivity index (χ0) is 14.0. The molecule has 0 amide bonds. The van der Waals surface area contributed by atoms with Gasteiger partial charge in [-0.25, -0.2) is 9.07 Å². The van der Waals surface area contributed by atoms with Crippen molar-refractivity contribution in [1.29, 1.82) is 0 Å². The molecule has 1 atom stereocenters. The average Bonchev–Trinajstić information content (AvgIpc) is 2.72. The summed E-state index contributed by atoms with van der Waals surface area (Å²) in [5.41, 5.74) is 1.81. The molecule has 1 unspecified atom stereocenters. The molecule has 0 bridgehead atoms. The molecule has 0 saturated carbocycles. The van der Waals surface area contributed by atoms with Crippen LogP contribution in [0.15, 0.2) is 18.2 Å². The normalized spacial score (nSPS) is 12.7. The Morgan fingerprint density at radius 1 is 1.47 bits per heavy atom. The summed E-state index contributed by atoms with van der Waals surface area (Å²) < 4.78 is 15.3. The molecule has 6 heteroatoms. The van der Waals surface area contributed by atoms with Gasteiger partial charge in [-0.1, -0.05) is 29.8 Å². The zero-order valence-corrected chi connectivity index (χ0v) is 11.9. The maximum Gasteiger partial charge on any atom is 0.150 e. The monoisotopic (exact) mass is 282 g/mol. The van der Waals surface area contributed by atoms with Crippen LogP contribution in [0.4, 0.5) is 4.39 Å². The molecule has 2 rings (SSSR count). The van der Waals surface area contributed by atoms with Crippen molar-refractivity contribution in [2.45, 2.75) is 26.8 Å². The zero-order valence-electron chi connectivity index (χ0n) is 11.1. The number of nitrogens with zero attached hydrogens (tertiary/aromatic N) is 3. The van der Waals surface area contributed by atoms with Crippen LogP contribution in [0.3, 0.4) is 0 Å². The standard InChI is InChI=1S/C13H16ClFN4/c1-4-16-8(2)12-9(3)19(18-17-12)13-10(14)6-5-7-11(13)15/h5-8,16H,4H2,1-3H3. The molecule has 102 valence electrons. The van der Waals surface area contributed by atoms with Crippen molar-refractivity contribution in [1.82, 2.24) is 20.3 Å². The van der Waals surface area contributed by atoms with Gasteiger partial charge in [0.15, 0.2) is 0 Å². The van der Waals surface area contributed by atoms with Gasteiger partial charge < -0.3 is 5.32 Å². The fourth-order valence-electron chi connectivity index (χ4n) is 2.05. The molecule has 19 heavy (non-hydrogen) atoms. The van der Waals surface area contributed by atoms with Crippen molar-refractivity contribution in [3.63, 3.8) is 0 Å². The Balaban J connectivity index is 2.48. The molecule has 0 saturated heterocycles. The number of halogens is 2. The van der Waals surface area contributed by atoms with Gasteiger partial charge in [0.25, 0.3) is 0 Å². The third-order valence-corrected chi connectivity index (χ3v) is 3.31. The van der Waals surface area contributed by atoms with E-state index < -0.39 is 5.82 Å². The minimum absolute atomic E-state index is 0.0595. The van der Waals surface area contributed by atoms with Gasteiger partial charge in [0.05, 0.1) is 16.8 Å². The van der Waals surface area contributed by atoms with E-state index in [9.17, 15) is 4.39 Å². The summed E-state index contributed by atoms with van der Waals surface area (Å²) in [6, 6.07) is 4.61. The Bertz CT molecular complexity index is 562. The highest BCUT2D eigenvalue weighted by molar-refractivity contribution is 6.32. The van der Waals surface area contributed by atoms with Gasteiger partial charge in [0, 0.05) is 0 Å². The van der Waals surface area contributed by atoms with Gasteiger partial charge in [-0.2, -0.15) is 0 Å². The summed E-state index contributed by atoms with van der Waals surface area (Å²) >= 11 is 6.04. The van der Waals surface area contributed by atoms with Gasteiger partial charge in [0.2, 0.25) is 0 Å². The second-order valence-electron chi connectivity index (χ2n) is 4.32. The smallest absolute Gasteiger partial charge is 0.150 e. The highest BCUT2D eigenvalue weighted by Crippen LogP contribution is 2.25. The first kappa shape index (κ1) is 14.0. The molecule has 0 spiro atoms. The van der Waals surface area contributed by atoms with E-state index in [-0.39, 0.29) is 11.7 Å². The van der Waals surface area contributed by atoms with E-state index >= 15 is 0 Å². The Kier molecular flexibility index (Phi) is 4.17. The lowest BCUT2D eigenvalue weighted by atomic mass is 10.2. The van der Waals surface area contributed by atoms with E-state index in [0.717, 1.165) is 17.9 Å². The van der Waals surface area contributed by atoms with Crippen LogP contribution in [0.1, 0.15) is 31.3 Å². The fourth-order valence-corrected chi connectivity index (χ4v) is 2.29. The Morgan fingerprint density at radius 3 is 2.84 bits per heavy atom. The van der Waals surface area contributed by atoms with Crippen LogP contribution in [0.2, 0.25) is 5.02 Å². The average molecular weight is 283 g/mol. The lowest BCUT2D eigenvalue weighted by Gasteiger charge is -2.11. The van der Waals surface area contributed by atoms with E-state index in [4.69, 9.17) is 11.6 Å². The summed E-state index contributed by atoms with van der Waals surface area (Å²) in [4.78, 5) is 0. The molecule has 0 aliphatic rings. The number of hydrogen-bond donors (Lipinski definition) is 1. The maximum absolute atomic E-state index is 13.9. The third kappa shape index (κ3) is 2.62. The first-order chi connectivity index (χ1) is 9.06. The van der Waals surface area contributed by atoms with Crippen LogP contribution in [0.25, 0.3) is 5.69 Å². The van der Waals surface area contributed by atoms with Crippen LogP contribution < -0.4 is 5.32 Å². The summed E-state index contributed by atoms with van der Waals surface area (Å²) in [5, 5.41) is 11.7. The molecule has 1 aromatic carbocycles. The van der Waals surface area contributed by atoms with Crippen LogP contribution >= 0.6 is 11.6 Å². The molecular weight excluding hydrogens is 267 g/mol. The Labute approximate surface area is 116 Å². The number of hydrogen-bond acceptors (Lipinski definition) is 3. The van der Waals surface area contributed by atoms with Crippen molar-refractivity contribution in [2.75, 3.05) is 6.54 Å². The maximum atomic E-state index is 13.9. The summed E-state index contributed by atoms with van der Waals surface area (Å²) in [5.74, 6) is -0.414. The molecule has 1 heterocycles. The van der Waals surface area contributed by atoms with Crippen molar-refractivity contribution < 1.29 is 4.39 Å². The van der Waals surface area contributed by atoms with Crippen molar-refractivity contribution in [2.24, 2.45) is 0 Å². The van der Waals surface area contributed by atoms with Gasteiger partial charge in [-0.05, 0) is 32.5 Å². The van der Waals surface area contributed by atoms with Crippen molar-refractivity contribution >= 4 is 11.6 Å². The number of rotatable bonds is 4. The highest BCUT2D eigenvalue weighted by Gasteiger charge is 2.19. The number of nitrogens with one attached hydrogen (secondary N) is 1. The quantitative estimate of drug-likeness (QED) is 0.937. The SMILES string of the molecule is CCNC(C)c1nnn(-c2c(F)cccc2Cl)c1C. The van der Waals surface area contributed by atoms with Crippen LogP contribution in [-0.4, -0.2) is 21.5 Å². The predicted octanol–water partition coefficient (Wildman–Crippen LogP) is 3.04. The topological polar surface area (TPSA) is 42.7 Å². The van der Waals surface area contributed by atoms with E-state index in [0.29, 0.717) is 5.02 Å². The second-order valence-corrected chi connectivity index (χ2v) is 4.73. The van der Waals surface area contributed by atoms with Crippen molar-refractivity contribution in [3.05, 3.63) is 40.4 Å². The van der Waals surface area contributed by atoms with Crippen LogP contribution in [0.5, 0.6) is 0 Å². The first-order valence-corrected chi connectivity index (χ1v) is 6.54. The Hall–Kier alpha value is -1.46. The molecule has 1 N–H and O–H groups in total. The third-order valence-electron chi connectivity index (χ3n) is 3.00. The molecule has 0 aliphatic carbocycles. The lowest BCUT2D eigenvalue weighted by molar-refractivity contribution is 0.579. The van der Waals surface area contributed by atoms with Crippen LogP contribution in [-0.2, 0) is 0 Å². The van der Waals surface area contributed by atoms with Gasteiger partial charge >= 0.3 is 0 Å². The largest absolute Gasteiger partial charge is 0.309 e. The van der Waals surface area contributed by atoms with Gasteiger partial charge in [0.1, 0.15) is 17.2 Å². The number of para-hydroxylation sites is 1. The van der Waals surface area contributed by atoms with Gasteiger partial charge in [-0.15, -0.1) is 5.10 Å². The first-order valence-electron chi connectivity index (χ1n) is 6.16. The van der Waals surface area contributed by atoms with E-state index in [1.165, 1.54) is 10.7 Å². The van der Waals surface area contributed by atoms with Crippen LogP contribution in [0, 0.1) is 12.7 Å². The van der Waals surface area contributed by atoms with Gasteiger partial charge in [-0.3, -0.25) is 0 Å². The molecule has 4 nitrogen and oxygen atoms in total. The van der Waals surface area contributed by atoms with E-state index in [2.05, 4.69) is 15.6 Å². The minimum Gasteiger partial charge on any atom is -0.309 e. The minimum atomic E-state index is -0.414. The lowest BCUT2D eigenvalue weighted by Crippen LogP contribution is -2.19.